The maximum Gasteiger partial charge on any atom is 0.243 e. The summed E-state index contributed by atoms with van der Waals surface area (Å²) in [5.74, 6) is -0.695. The fourth-order valence-corrected chi connectivity index (χ4v) is 3.28. The topological polar surface area (TPSA) is 63.4 Å². The number of nitrogens with zero attached hydrogens (tertiary/aromatic N) is 1. The zero-order valence-electron chi connectivity index (χ0n) is 11.3. The molecule has 0 unspecified atom stereocenters. The molecule has 0 saturated carbocycles. The lowest BCUT2D eigenvalue weighted by Crippen LogP contribution is -2.26. The van der Waals surface area contributed by atoms with E-state index in [4.69, 9.17) is 17.3 Å². The van der Waals surface area contributed by atoms with Gasteiger partial charge in [-0.1, -0.05) is 29.8 Å². The van der Waals surface area contributed by atoms with E-state index in [1.165, 1.54) is 13.1 Å². The first-order chi connectivity index (χ1) is 9.80. The highest BCUT2D eigenvalue weighted by Gasteiger charge is 2.22. The van der Waals surface area contributed by atoms with Crippen LogP contribution in [-0.4, -0.2) is 19.8 Å². The van der Waals surface area contributed by atoms with E-state index in [0.717, 1.165) is 16.4 Å². The van der Waals surface area contributed by atoms with Gasteiger partial charge in [0.1, 0.15) is 5.82 Å². The third-order valence-corrected chi connectivity index (χ3v) is 5.10. The number of hydrogen-bond acceptors (Lipinski definition) is 3. The number of benzene rings is 2. The summed E-state index contributed by atoms with van der Waals surface area (Å²) in [5.41, 5.74) is 6.21. The van der Waals surface area contributed by atoms with Gasteiger partial charge in [-0.15, -0.1) is 0 Å². The molecule has 0 aromatic heterocycles. The first-order valence-corrected chi connectivity index (χ1v) is 7.88. The highest BCUT2D eigenvalue weighted by molar-refractivity contribution is 7.89. The maximum absolute atomic E-state index is 13.3. The van der Waals surface area contributed by atoms with Crippen LogP contribution in [0.4, 0.5) is 10.1 Å². The molecule has 7 heteroatoms. The standard InChI is InChI=1S/C14H14ClFN2O2S/c1-18(9-10-4-2-3-5-14(10)15)21(19,20)13-7-11(16)6-12(17)8-13/h2-8H,9,17H2,1H3. The van der Waals surface area contributed by atoms with Crippen LogP contribution >= 0.6 is 11.6 Å². The molecule has 0 aliphatic heterocycles. The van der Waals surface area contributed by atoms with E-state index in [1.54, 1.807) is 24.3 Å². The third-order valence-electron chi connectivity index (χ3n) is 2.95. The van der Waals surface area contributed by atoms with Gasteiger partial charge in [0.25, 0.3) is 0 Å². The molecule has 0 heterocycles. The van der Waals surface area contributed by atoms with Crippen LogP contribution in [0, 0.1) is 5.82 Å². The van der Waals surface area contributed by atoms with Gasteiger partial charge in [0.05, 0.1) is 4.90 Å². The molecular formula is C14H14ClFN2O2S. The van der Waals surface area contributed by atoms with E-state index in [1.807, 2.05) is 0 Å². The van der Waals surface area contributed by atoms with Crippen molar-refractivity contribution in [1.29, 1.82) is 0 Å². The van der Waals surface area contributed by atoms with Crippen LogP contribution in [0.3, 0.4) is 0 Å². The molecule has 2 aromatic carbocycles. The lowest BCUT2D eigenvalue weighted by molar-refractivity contribution is 0.466. The van der Waals surface area contributed by atoms with Crippen molar-refractivity contribution in [2.45, 2.75) is 11.4 Å². The molecule has 4 nitrogen and oxygen atoms in total. The molecule has 0 fully saturated rings. The molecule has 21 heavy (non-hydrogen) atoms. The number of rotatable bonds is 4. The molecule has 2 N–H and O–H groups in total. The summed E-state index contributed by atoms with van der Waals surface area (Å²) in [5, 5.41) is 0.471. The van der Waals surface area contributed by atoms with E-state index in [-0.39, 0.29) is 17.1 Å². The molecule has 112 valence electrons. The number of anilines is 1. The van der Waals surface area contributed by atoms with Crippen molar-refractivity contribution < 1.29 is 12.8 Å². The second-order valence-electron chi connectivity index (χ2n) is 4.57. The molecule has 2 rings (SSSR count). The average Bonchev–Trinajstić information content (AvgIpc) is 2.40. The van der Waals surface area contributed by atoms with Gasteiger partial charge in [-0.3, -0.25) is 0 Å². The van der Waals surface area contributed by atoms with Crippen molar-refractivity contribution >= 4 is 27.3 Å². The number of sulfonamides is 1. The Kier molecular flexibility index (Phi) is 4.51. The van der Waals surface area contributed by atoms with Crippen LogP contribution < -0.4 is 5.73 Å². The van der Waals surface area contributed by atoms with Gasteiger partial charge in [-0.25, -0.2) is 12.8 Å². The van der Waals surface area contributed by atoms with Gasteiger partial charge in [-0.2, -0.15) is 4.31 Å². The number of hydrogen-bond donors (Lipinski definition) is 1. The predicted octanol–water partition coefficient (Wildman–Crippen LogP) is 2.88. The Labute approximate surface area is 128 Å². The number of halogens is 2. The SMILES string of the molecule is CN(Cc1ccccc1Cl)S(=O)(=O)c1cc(N)cc(F)c1. The van der Waals surface area contributed by atoms with Crippen molar-refractivity contribution in [1.82, 2.24) is 4.31 Å². The fraction of sp³-hybridized carbons (Fsp3) is 0.143. The minimum Gasteiger partial charge on any atom is -0.399 e. The Morgan fingerprint density at radius 3 is 2.52 bits per heavy atom. The monoisotopic (exact) mass is 328 g/mol. The van der Waals surface area contributed by atoms with Gasteiger partial charge in [0, 0.05) is 24.3 Å². The smallest absolute Gasteiger partial charge is 0.243 e. The van der Waals surface area contributed by atoms with E-state index >= 15 is 0 Å². The van der Waals surface area contributed by atoms with Crippen LogP contribution in [0.1, 0.15) is 5.56 Å². The van der Waals surface area contributed by atoms with Crippen molar-refractivity contribution in [2.75, 3.05) is 12.8 Å². The lowest BCUT2D eigenvalue weighted by atomic mass is 10.2. The molecule has 0 spiro atoms. The Morgan fingerprint density at radius 2 is 1.90 bits per heavy atom. The van der Waals surface area contributed by atoms with Crippen LogP contribution in [0.5, 0.6) is 0 Å². The first kappa shape index (κ1) is 15.8. The van der Waals surface area contributed by atoms with Crippen LogP contribution in [0.15, 0.2) is 47.4 Å². The van der Waals surface area contributed by atoms with E-state index in [9.17, 15) is 12.8 Å². The molecular weight excluding hydrogens is 315 g/mol. The summed E-state index contributed by atoms with van der Waals surface area (Å²) in [6, 6.07) is 10.2. The summed E-state index contributed by atoms with van der Waals surface area (Å²) in [4.78, 5) is -0.186. The maximum atomic E-state index is 13.3. The lowest BCUT2D eigenvalue weighted by Gasteiger charge is -2.18. The van der Waals surface area contributed by atoms with Crippen molar-refractivity contribution in [3.05, 3.63) is 58.9 Å². The van der Waals surface area contributed by atoms with Crippen LogP contribution in [0.2, 0.25) is 5.02 Å². The van der Waals surface area contributed by atoms with Crippen LogP contribution in [0.25, 0.3) is 0 Å². The second kappa shape index (κ2) is 6.01. The Bertz CT molecular complexity index is 745. The molecule has 0 saturated heterocycles. The average molecular weight is 329 g/mol. The summed E-state index contributed by atoms with van der Waals surface area (Å²) in [6.07, 6.45) is 0. The van der Waals surface area contributed by atoms with Gasteiger partial charge in [0.2, 0.25) is 10.0 Å². The summed E-state index contributed by atoms with van der Waals surface area (Å²) >= 11 is 6.01. The zero-order chi connectivity index (χ0) is 15.6. The summed E-state index contributed by atoms with van der Waals surface area (Å²) in [6.45, 7) is 0.0818. The molecule has 0 aliphatic rings. The van der Waals surface area contributed by atoms with Crippen molar-refractivity contribution in [3.63, 3.8) is 0 Å². The van der Waals surface area contributed by atoms with E-state index in [2.05, 4.69) is 0 Å². The third kappa shape index (κ3) is 3.53. The largest absolute Gasteiger partial charge is 0.399 e. The number of nitrogen functional groups attached to an aromatic ring is 1. The molecule has 0 atom stereocenters. The highest BCUT2D eigenvalue weighted by Crippen LogP contribution is 2.23. The van der Waals surface area contributed by atoms with Gasteiger partial charge < -0.3 is 5.73 Å². The van der Waals surface area contributed by atoms with Gasteiger partial charge >= 0.3 is 0 Å². The Morgan fingerprint density at radius 1 is 1.24 bits per heavy atom. The normalized spacial score (nSPS) is 11.8. The van der Waals surface area contributed by atoms with Gasteiger partial charge in [0.15, 0.2) is 0 Å². The first-order valence-electron chi connectivity index (χ1n) is 6.06. The van der Waals surface area contributed by atoms with Crippen LogP contribution in [-0.2, 0) is 16.6 Å². The summed E-state index contributed by atoms with van der Waals surface area (Å²) < 4.78 is 39.3. The Balaban J connectivity index is 2.33. The molecule has 0 radical (unpaired) electrons. The quantitative estimate of drug-likeness (QED) is 0.878. The number of nitrogens with two attached hydrogens (primary N) is 1. The van der Waals surface area contributed by atoms with Crippen molar-refractivity contribution in [2.24, 2.45) is 0 Å². The van der Waals surface area contributed by atoms with E-state index in [0.29, 0.717) is 10.6 Å². The minimum absolute atomic E-state index is 0.0553. The van der Waals surface area contributed by atoms with Gasteiger partial charge in [-0.05, 0) is 29.8 Å². The molecule has 2 aromatic rings. The minimum atomic E-state index is -3.84. The molecule has 0 aliphatic carbocycles. The molecule has 0 amide bonds. The second-order valence-corrected chi connectivity index (χ2v) is 7.02. The zero-order valence-corrected chi connectivity index (χ0v) is 12.8. The van der Waals surface area contributed by atoms with Crippen molar-refractivity contribution in [3.8, 4) is 0 Å². The van der Waals surface area contributed by atoms with E-state index < -0.39 is 15.8 Å². The fourth-order valence-electron chi connectivity index (χ4n) is 1.86. The summed E-state index contributed by atoms with van der Waals surface area (Å²) in [7, 11) is -2.44. The highest BCUT2D eigenvalue weighted by atomic mass is 35.5. The Hall–Kier alpha value is -1.63. The predicted molar refractivity (Wildman–Crippen MR) is 80.9 cm³/mol. The molecule has 0 bridgehead atoms.